The Morgan fingerprint density at radius 3 is 2.62 bits per heavy atom. The van der Waals surface area contributed by atoms with Crippen LogP contribution in [0.25, 0.3) is 6.08 Å². The quantitative estimate of drug-likeness (QED) is 0.859. The van der Waals surface area contributed by atoms with Gasteiger partial charge in [0.15, 0.2) is 11.5 Å². The van der Waals surface area contributed by atoms with Gasteiger partial charge in [0.05, 0.1) is 14.2 Å². The second kappa shape index (κ2) is 6.85. The third-order valence-corrected chi connectivity index (χ3v) is 3.35. The van der Waals surface area contributed by atoms with Gasteiger partial charge in [0, 0.05) is 6.08 Å². The molecule has 0 aliphatic heterocycles. The zero-order chi connectivity index (χ0) is 15.2. The molecule has 0 atom stereocenters. The van der Waals surface area contributed by atoms with E-state index in [2.05, 4.69) is 15.5 Å². The average Bonchev–Trinajstić information content (AvgIpc) is 2.89. The fourth-order valence-electron chi connectivity index (χ4n) is 1.62. The van der Waals surface area contributed by atoms with Gasteiger partial charge in [-0.1, -0.05) is 17.4 Å². The minimum absolute atomic E-state index is 0.263. The fourth-order valence-corrected chi connectivity index (χ4v) is 2.22. The largest absolute Gasteiger partial charge is 0.493 e. The zero-order valence-electron chi connectivity index (χ0n) is 11.9. The highest BCUT2D eigenvalue weighted by atomic mass is 32.1. The molecule has 6 nitrogen and oxygen atoms in total. The second-order valence-electron chi connectivity index (χ2n) is 4.06. The van der Waals surface area contributed by atoms with Crippen LogP contribution in [0, 0.1) is 6.92 Å². The van der Waals surface area contributed by atoms with E-state index in [4.69, 9.17) is 9.47 Å². The average molecular weight is 305 g/mol. The molecule has 1 N–H and O–H groups in total. The summed E-state index contributed by atoms with van der Waals surface area (Å²) in [4.78, 5) is 11.8. The predicted molar refractivity (Wildman–Crippen MR) is 81.9 cm³/mol. The molecule has 0 unspecified atom stereocenters. The van der Waals surface area contributed by atoms with Crippen molar-refractivity contribution < 1.29 is 14.3 Å². The molecule has 0 aliphatic carbocycles. The first-order valence-corrected chi connectivity index (χ1v) is 6.95. The van der Waals surface area contributed by atoms with E-state index >= 15 is 0 Å². The van der Waals surface area contributed by atoms with Gasteiger partial charge in [-0.25, -0.2) is 0 Å². The van der Waals surface area contributed by atoms with Crippen molar-refractivity contribution in [3.63, 3.8) is 0 Å². The zero-order valence-corrected chi connectivity index (χ0v) is 12.7. The van der Waals surface area contributed by atoms with Gasteiger partial charge >= 0.3 is 0 Å². The number of amides is 1. The van der Waals surface area contributed by atoms with Crippen LogP contribution in [0.3, 0.4) is 0 Å². The van der Waals surface area contributed by atoms with Crippen molar-refractivity contribution in [1.29, 1.82) is 0 Å². The Morgan fingerprint density at radius 1 is 1.24 bits per heavy atom. The number of carbonyl (C=O) groups excluding carboxylic acids is 1. The van der Waals surface area contributed by atoms with Crippen molar-refractivity contribution >= 4 is 28.5 Å². The number of carbonyl (C=O) groups is 1. The standard InChI is InChI=1S/C14H15N3O3S/c1-9-16-17-14(21-9)15-13(18)7-5-10-4-6-11(19-2)12(8-10)20-3/h4-8H,1-3H3,(H,15,17,18)/b7-5-. The smallest absolute Gasteiger partial charge is 0.250 e. The summed E-state index contributed by atoms with van der Waals surface area (Å²) in [6.45, 7) is 1.83. The number of hydrogen-bond donors (Lipinski definition) is 1. The Kier molecular flexibility index (Phi) is 4.89. The number of nitrogens with one attached hydrogen (secondary N) is 1. The van der Waals surface area contributed by atoms with E-state index in [-0.39, 0.29) is 5.91 Å². The molecule has 0 fully saturated rings. The summed E-state index contributed by atoms with van der Waals surface area (Å²) in [6, 6.07) is 5.41. The van der Waals surface area contributed by atoms with Gasteiger partial charge in [-0.3, -0.25) is 10.1 Å². The summed E-state index contributed by atoms with van der Waals surface area (Å²) in [7, 11) is 3.14. The number of rotatable bonds is 5. The molecule has 2 aromatic rings. The van der Waals surface area contributed by atoms with Crippen molar-refractivity contribution in [2.45, 2.75) is 6.92 Å². The van der Waals surface area contributed by atoms with E-state index < -0.39 is 0 Å². The summed E-state index contributed by atoms with van der Waals surface area (Å²) in [5.41, 5.74) is 0.830. The maximum atomic E-state index is 11.8. The Hall–Kier alpha value is -2.41. The molecule has 110 valence electrons. The molecule has 1 heterocycles. The summed E-state index contributed by atoms with van der Waals surface area (Å²) in [6.07, 6.45) is 3.11. The number of ether oxygens (including phenoxy) is 2. The van der Waals surface area contributed by atoms with Crippen LogP contribution < -0.4 is 14.8 Å². The summed E-state index contributed by atoms with van der Waals surface area (Å²) < 4.78 is 10.4. The van der Waals surface area contributed by atoms with Gasteiger partial charge in [0.1, 0.15) is 5.01 Å². The van der Waals surface area contributed by atoms with Gasteiger partial charge in [-0.2, -0.15) is 0 Å². The lowest BCUT2D eigenvalue weighted by molar-refractivity contribution is -0.111. The molecule has 0 spiro atoms. The number of aromatic nitrogens is 2. The molecule has 1 aromatic heterocycles. The summed E-state index contributed by atoms with van der Waals surface area (Å²) in [5, 5.41) is 11.6. The van der Waals surface area contributed by atoms with E-state index in [0.29, 0.717) is 16.6 Å². The lowest BCUT2D eigenvalue weighted by Crippen LogP contribution is -2.07. The lowest BCUT2D eigenvalue weighted by atomic mass is 10.2. The Morgan fingerprint density at radius 2 is 2.00 bits per heavy atom. The van der Waals surface area contributed by atoms with E-state index in [1.807, 2.05) is 13.0 Å². The van der Waals surface area contributed by atoms with Gasteiger partial charge in [-0.15, -0.1) is 10.2 Å². The summed E-state index contributed by atoms with van der Waals surface area (Å²) in [5.74, 6) is 0.990. The molecule has 0 radical (unpaired) electrons. The molecule has 21 heavy (non-hydrogen) atoms. The first kappa shape index (κ1) is 15.0. The van der Waals surface area contributed by atoms with Crippen molar-refractivity contribution in [2.24, 2.45) is 0 Å². The van der Waals surface area contributed by atoms with Crippen molar-refractivity contribution in [1.82, 2.24) is 10.2 Å². The molecule has 7 heteroatoms. The predicted octanol–water partition coefficient (Wildman–Crippen LogP) is 2.52. The van der Waals surface area contributed by atoms with Crippen molar-refractivity contribution in [3.8, 4) is 11.5 Å². The highest BCUT2D eigenvalue weighted by Gasteiger charge is 2.05. The first-order valence-electron chi connectivity index (χ1n) is 6.13. The monoisotopic (exact) mass is 305 g/mol. The Labute approximate surface area is 126 Å². The van der Waals surface area contributed by atoms with Crippen LogP contribution in [-0.4, -0.2) is 30.3 Å². The van der Waals surface area contributed by atoms with Crippen molar-refractivity contribution in [3.05, 3.63) is 34.8 Å². The van der Waals surface area contributed by atoms with Gasteiger partial charge in [-0.05, 0) is 30.7 Å². The molecular weight excluding hydrogens is 290 g/mol. The van der Waals surface area contributed by atoms with Crippen LogP contribution in [0.1, 0.15) is 10.6 Å². The number of benzene rings is 1. The number of anilines is 1. The highest BCUT2D eigenvalue weighted by Crippen LogP contribution is 2.27. The van der Waals surface area contributed by atoms with E-state index in [1.54, 1.807) is 32.4 Å². The third kappa shape index (κ3) is 4.03. The number of methoxy groups -OCH3 is 2. The van der Waals surface area contributed by atoms with E-state index in [1.165, 1.54) is 17.4 Å². The Bertz CT molecular complexity index is 667. The minimum atomic E-state index is -0.263. The van der Waals surface area contributed by atoms with Crippen LogP contribution in [0.4, 0.5) is 5.13 Å². The molecule has 1 aromatic carbocycles. The molecule has 0 bridgehead atoms. The van der Waals surface area contributed by atoms with Crippen LogP contribution in [-0.2, 0) is 4.79 Å². The SMILES string of the molecule is COc1ccc(/C=C\C(=O)Nc2nnc(C)s2)cc1OC. The Balaban J connectivity index is 2.04. The van der Waals surface area contributed by atoms with Gasteiger partial charge < -0.3 is 9.47 Å². The molecule has 0 saturated heterocycles. The van der Waals surface area contributed by atoms with Gasteiger partial charge in [0.25, 0.3) is 0 Å². The number of aryl methyl sites for hydroxylation is 1. The fraction of sp³-hybridized carbons (Fsp3) is 0.214. The maximum absolute atomic E-state index is 11.8. The molecule has 2 rings (SSSR count). The van der Waals surface area contributed by atoms with Crippen LogP contribution >= 0.6 is 11.3 Å². The van der Waals surface area contributed by atoms with E-state index in [9.17, 15) is 4.79 Å². The third-order valence-electron chi connectivity index (χ3n) is 2.59. The normalized spacial score (nSPS) is 10.6. The maximum Gasteiger partial charge on any atom is 0.250 e. The second-order valence-corrected chi connectivity index (χ2v) is 5.24. The lowest BCUT2D eigenvalue weighted by Gasteiger charge is -2.07. The van der Waals surface area contributed by atoms with Crippen LogP contribution in [0.5, 0.6) is 11.5 Å². The minimum Gasteiger partial charge on any atom is -0.493 e. The summed E-state index contributed by atoms with van der Waals surface area (Å²) >= 11 is 1.32. The number of nitrogens with zero attached hydrogens (tertiary/aromatic N) is 2. The molecule has 1 amide bonds. The van der Waals surface area contributed by atoms with Crippen LogP contribution in [0.2, 0.25) is 0 Å². The highest BCUT2D eigenvalue weighted by molar-refractivity contribution is 7.15. The topological polar surface area (TPSA) is 73.3 Å². The number of hydrogen-bond acceptors (Lipinski definition) is 6. The molecule has 0 saturated carbocycles. The molecular formula is C14H15N3O3S. The van der Waals surface area contributed by atoms with Gasteiger partial charge in [0.2, 0.25) is 11.0 Å². The first-order chi connectivity index (χ1) is 10.1. The molecule has 0 aliphatic rings. The van der Waals surface area contributed by atoms with Crippen molar-refractivity contribution in [2.75, 3.05) is 19.5 Å². The van der Waals surface area contributed by atoms with E-state index in [0.717, 1.165) is 10.6 Å². The van der Waals surface area contributed by atoms with Crippen LogP contribution in [0.15, 0.2) is 24.3 Å².